The number of hydrogen-bond acceptors (Lipinski definition) is 3. The van der Waals surface area contributed by atoms with Crippen LogP contribution in [0.25, 0.3) is 0 Å². The van der Waals surface area contributed by atoms with Crippen molar-refractivity contribution in [3.05, 3.63) is 48.4 Å². The molecule has 0 unspecified atom stereocenters. The highest BCUT2D eigenvalue weighted by atomic mass is 16.5. The van der Waals surface area contributed by atoms with E-state index in [2.05, 4.69) is 0 Å². The molecule has 1 aromatic heterocycles. The van der Waals surface area contributed by atoms with Gasteiger partial charge in [0.2, 0.25) is 0 Å². The van der Waals surface area contributed by atoms with Crippen molar-refractivity contribution in [3.63, 3.8) is 0 Å². The third kappa shape index (κ3) is 2.60. The number of hydrogen-bond donors (Lipinski definition) is 1. The Morgan fingerprint density at radius 1 is 1.13 bits per heavy atom. The Hall–Kier alpha value is -1.74. The highest BCUT2D eigenvalue weighted by Gasteiger charge is 2.02. The molecule has 0 bridgehead atoms. The number of nitrogens with two attached hydrogens (primary N) is 1. The van der Waals surface area contributed by atoms with Crippen LogP contribution in [-0.2, 0) is 6.42 Å². The van der Waals surface area contributed by atoms with E-state index >= 15 is 0 Å². The van der Waals surface area contributed by atoms with Crippen LogP contribution in [0.3, 0.4) is 0 Å². The van der Waals surface area contributed by atoms with Crippen molar-refractivity contribution in [1.29, 1.82) is 0 Å². The first kappa shape index (κ1) is 9.80. The first-order valence-corrected chi connectivity index (χ1v) is 4.89. The third-order valence-electron chi connectivity index (χ3n) is 2.00. The summed E-state index contributed by atoms with van der Waals surface area (Å²) in [5.74, 6) is 2.37. The van der Waals surface area contributed by atoms with Crippen LogP contribution in [0.2, 0.25) is 0 Å². The summed E-state index contributed by atoms with van der Waals surface area (Å²) in [6.45, 7) is 0.582. The Morgan fingerprint density at radius 3 is 2.67 bits per heavy atom. The molecule has 2 rings (SSSR count). The van der Waals surface area contributed by atoms with Crippen molar-refractivity contribution in [1.82, 2.24) is 0 Å². The lowest BCUT2D eigenvalue weighted by molar-refractivity contribution is 0.459. The molecule has 0 radical (unpaired) electrons. The number of furan rings is 1. The minimum Gasteiger partial charge on any atom is -0.465 e. The number of rotatable bonds is 4. The first-order valence-electron chi connectivity index (χ1n) is 4.89. The Bertz CT molecular complexity index is 409. The van der Waals surface area contributed by atoms with E-state index in [1.54, 1.807) is 6.26 Å². The summed E-state index contributed by atoms with van der Waals surface area (Å²) >= 11 is 0. The predicted molar refractivity (Wildman–Crippen MR) is 58.0 cm³/mol. The molecule has 0 amide bonds. The van der Waals surface area contributed by atoms with E-state index in [4.69, 9.17) is 14.9 Å². The van der Waals surface area contributed by atoms with Gasteiger partial charge in [0, 0.05) is 12.5 Å². The van der Waals surface area contributed by atoms with Crippen molar-refractivity contribution < 1.29 is 9.15 Å². The fraction of sp³-hybridized carbons (Fsp3) is 0.167. The zero-order valence-corrected chi connectivity index (χ0v) is 8.35. The average molecular weight is 203 g/mol. The molecule has 15 heavy (non-hydrogen) atoms. The SMILES string of the molecule is NCCc1cc(Oc2ccccc2)co1. The monoisotopic (exact) mass is 203 g/mol. The summed E-state index contributed by atoms with van der Waals surface area (Å²) in [6.07, 6.45) is 2.33. The number of ether oxygens (including phenoxy) is 1. The summed E-state index contributed by atoms with van der Waals surface area (Å²) in [5.41, 5.74) is 5.42. The maximum atomic E-state index is 5.57. The Labute approximate surface area is 88.5 Å². The van der Waals surface area contributed by atoms with E-state index in [9.17, 15) is 0 Å². The van der Waals surface area contributed by atoms with Crippen LogP contribution in [0.5, 0.6) is 11.5 Å². The van der Waals surface area contributed by atoms with Crippen molar-refractivity contribution in [2.45, 2.75) is 6.42 Å². The highest BCUT2D eigenvalue weighted by molar-refractivity contribution is 5.29. The van der Waals surface area contributed by atoms with Gasteiger partial charge in [0.1, 0.15) is 17.8 Å². The van der Waals surface area contributed by atoms with E-state index in [0.717, 1.165) is 17.9 Å². The normalized spacial score (nSPS) is 10.2. The summed E-state index contributed by atoms with van der Waals surface area (Å²) in [6, 6.07) is 11.5. The van der Waals surface area contributed by atoms with Crippen molar-refractivity contribution in [2.75, 3.05) is 6.54 Å². The lowest BCUT2D eigenvalue weighted by Gasteiger charge is -2.00. The van der Waals surface area contributed by atoms with Crippen LogP contribution >= 0.6 is 0 Å². The largest absolute Gasteiger partial charge is 0.465 e. The minimum absolute atomic E-state index is 0.582. The maximum absolute atomic E-state index is 5.57. The average Bonchev–Trinajstić information content (AvgIpc) is 2.68. The zero-order valence-electron chi connectivity index (χ0n) is 8.35. The van der Waals surface area contributed by atoms with Gasteiger partial charge < -0.3 is 14.9 Å². The van der Waals surface area contributed by atoms with Gasteiger partial charge in [-0.25, -0.2) is 0 Å². The molecule has 0 fully saturated rings. The summed E-state index contributed by atoms with van der Waals surface area (Å²) in [7, 11) is 0. The fourth-order valence-corrected chi connectivity index (χ4v) is 1.31. The molecular formula is C12H13NO2. The van der Waals surface area contributed by atoms with E-state index in [1.807, 2.05) is 36.4 Å². The summed E-state index contributed by atoms with van der Waals surface area (Å²) in [5, 5.41) is 0. The minimum atomic E-state index is 0.582. The van der Waals surface area contributed by atoms with E-state index < -0.39 is 0 Å². The van der Waals surface area contributed by atoms with Crippen LogP contribution in [0.1, 0.15) is 5.76 Å². The predicted octanol–water partition coefficient (Wildman–Crippen LogP) is 2.57. The molecule has 2 N–H and O–H groups in total. The van der Waals surface area contributed by atoms with Gasteiger partial charge in [0.15, 0.2) is 5.75 Å². The third-order valence-corrected chi connectivity index (χ3v) is 2.00. The fourth-order valence-electron chi connectivity index (χ4n) is 1.31. The molecule has 1 aromatic carbocycles. The molecule has 0 aliphatic carbocycles. The molecule has 78 valence electrons. The lowest BCUT2D eigenvalue weighted by Crippen LogP contribution is -2.01. The molecule has 0 aliphatic rings. The Balaban J connectivity index is 2.05. The molecular weight excluding hydrogens is 190 g/mol. The van der Waals surface area contributed by atoms with Gasteiger partial charge in [0.05, 0.1) is 0 Å². The van der Waals surface area contributed by atoms with Gasteiger partial charge in [-0.2, -0.15) is 0 Å². The molecule has 0 saturated carbocycles. The zero-order chi connectivity index (χ0) is 10.5. The molecule has 0 aliphatic heterocycles. The van der Waals surface area contributed by atoms with Gasteiger partial charge >= 0.3 is 0 Å². The molecule has 0 atom stereocenters. The van der Waals surface area contributed by atoms with Gasteiger partial charge in [-0.15, -0.1) is 0 Å². The van der Waals surface area contributed by atoms with Crippen LogP contribution in [0, 0.1) is 0 Å². The Kier molecular flexibility index (Phi) is 3.05. The number of benzene rings is 1. The lowest BCUT2D eigenvalue weighted by atomic mass is 10.3. The van der Waals surface area contributed by atoms with Gasteiger partial charge in [-0.1, -0.05) is 18.2 Å². The Morgan fingerprint density at radius 2 is 1.93 bits per heavy atom. The van der Waals surface area contributed by atoms with Crippen molar-refractivity contribution in [2.24, 2.45) is 5.73 Å². The first-order chi connectivity index (χ1) is 7.38. The summed E-state index contributed by atoms with van der Waals surface area (Å²) < 4.78 is 10.8. The second-order valence-corrected chi connectivity index (χ2v) is 3.20. The van der Waals surface area contributed by atoms with Crippen LogP contribution < -0.4 is 10.5 Å². The molecule has 0 spiro atoms. The van der Waals surface area contributed by atoms with Crippen LogP contribution in [-0.4, -0.2) is 6.54 Å². The second kappa shape index (κ2) is 4.66. The van der Waals surface area contributed by atoms with Crippen LogP contribution in [0.4, 0.5) is 0 Å². The van der Waals surface area contributed by atoms with Gasteiger partial charge in [-0.05, 0) is 18.7 Å². The van der Waals surface area contributed by atoms with Gasteiger partial charge in [0.25, 0.3) is 0 Å². The van der Waals surface area contributed by atoms with E-state index in [-0.39, 0.29) is 0 Å². The smallest absolute Gasteiger partial charge is 0.165 e. The maximum Gasteiger partial charge on any atom is 0.165 e. The highest BCUT2D eigenvalue weighted by Crippen LogP contribution is 2.23. The van der Waals surface area contributed by atoms with Crippen molar-refractivity contribution >= 4 is 0 Å². The molecule has 1 heterocycles. The quantitative estimate of drug-likeness (QED) is 0.830. The molecule has 3 nitrogen and oxygen atoms in total. The second-order valence-electron chi connectivity index (χ2n) is 3.20. The van der Waals surface area contributed by atoms with Crippen molar-refractivity contribution in [3.8, 4) is 11.5 Å². The standard InChI is InChI=1S/C12H13NO2/c13-7-6-11-8-12(9-14-11)15-10-4-2-1-3-5-10/h1-5,8-9H,6-7,13H2. The van der Waals surface area contributed by atoms with E-state index in [1.165, 1.54) is 0 Å². The topological polar surface area (TPSA) is 48.4 Å². The number of para-hydroxylation sites is 1. The molecule has 0 saturated heterocycles. The van der Waals surface area contributed by atoms with E-state index in [0.29, 0.717) is 12.3 Å². The molecule has 3 heteroatoms. The molecule has 2 aromatic rings. The summed E-state index contributed by atoms with van der Waals surface area (Å²) in [4.78, 5) is 0. The van der Waals surface area contributed by atoms with Gasteiger partial charge in [-0.3, -0.25) is 0 Å². The van der Waals surface area contributed by atoms with Crippen LogP contribution in [0.15, 0.2) is 47.1 Å².